The van der Waals surface area contributed by atoms with Gasteiger partial charge in [0.2, 0.25) is 0 Å². The largest absolute Gasteiger partial charge is 0.430 e. The lowest BCUT2D eigenvalue weighted by Gasteiger charge is -2.24. The molecule has 0 saturated carbocycles. The summed E-state index contributed by atoms with van der Waals surface area (Å²) in [7, 11) is 0. The molecule has 1 fully saturated rings. The van der Waals surface area contributed by atoms with E-state index in [0.717, 1.165) is 36.0 Å². The van der Waals surface area contributed by atoms with Crippen molar-refractivity contribution in [3.63, 3.8) is 0 Å². The van der Waals surface area contributed by atoms with Gasteiger partial charge in [-0.05, 0) is 24.6 Å². The molecule has 5 nitrogen and oxygen atoms in total. The van der Waals surface area contributed by atoms with Crippen LogP contribution in [-0.4, -0.2) is 29.9 Å². The van der Waals surface area contributed by atoms with Crippen molar-refractivity contribution >= 4 is 11.3 Å². The Hall–Kier alpha value is -1.50. The number of hydrogen-bond acceptors (Lipinski definition) is 6. The van der Waals surface area contributed by atoms with Crippen LogP contribution >= 0.6 is 11.3 Å². The minimum atomic E-state index is 0.0912. The summed E-state index contributed by atoms with van der Waals surface area (Å²) in [5, 5.41) is 12.7. The van der Waals surface area contributed by atoms with Crippen LogP contribution < -0.4 is 10.1 Å². The van der Waals surface area contributed by atoms with Crippen LogP contribution in [0.1, 0.15) is 16.7 Å². The molecule has 1 saturated heterocycles. The summed E-state index contributed by atoms with van der Waals surface area (Å²) in [6, 6.07) is 7.93. The SMILES string of the molecule is Cc1nnc(Oc2cccc(C3CNCCO3)c2)s1. The Morgan fingerprint density at radius 2 is 2.37 bits per heavy atom. The average Bonchev–Trinajstić information content (AvgIpc) is 2.85. The lowest BCUT2D eigenvalue weighted by Crippen LogP contribution is -2.33. The number of rotatable bonds is 3. The first-order valence-electron chi connectivity index (χ1n) is 6.21. The molecule has 0 bridgehead atoms. The van der Waals surface area contributed by atoms with Crippen molar-refractivity contribution in [2.24, 2.45) is 0 Å². The predicted octanol–water partition coefficient (Wildman–Crippen LogP) is 2.30. The van der Waals surface area contributed by atoms with Crippen molar-refractivity contribution in [2.45, 2.75) is 13.0 Å². The first-order chi connectivity index (χ1) is 9.31. The van der Waals surface area contributed by atoms with Crippen molar-refractivity contribution in [3.05, 3.63) is 34.8 Å². The van der Waals surface area contributed by atoms with E-state index in [2.05, 4.69) is 21.6 Å². The van der Waals surface area contributed by atoms with E-state index in [4.69, 9.17) is 9.47 Å². The lowest BCUT2D eigenvalue weighted by molar-refractivity contribution is 0.0276. The highest BCUT2D eigenvalue weighted by Gasteiger charge is 2.16. The van der Waals surface area contributed by atoms with Crippen LogP contribution in [-0.2, 0) is 4.74 Å². The minimum Gasteiger partial charge on any atom is -0.430 e. The van der Waals surface area contributed by atoms with Crippen molar-refractivity contribution < 1.29 is 9.47 Å². The van der Waals surface area contributed by atoms with Crippen LogP contribution in [0.4, 0.5) is 0 Å². The third-order valence-corrected chi connectivity index (χ3v) is 3.59. The van der Waals surface area contributed by atoms with Gasteiger partial charge in [0, 0.05) is 13.1 Å². The van der Waals surface area contributed by atoms with Gasteiger partial charge < -0.3 is 14.8 Å². The molecule has 1 aromatic carbocycles. The van der Waals surface area contributed by atoms with Crippen molar-refractivity contribution in [1.82, 2.24) is 15.5 Å². The van der Waals surface area contributed by atoms with Gasteiger partial charge in [-0.3, -0.25) is 0 Å². The maximum atomic E-state index is 5.73. The quantitative estimate of drug-likeness (QED) is 0.933. The molecule has 19 heavy (non-hydrogen) atoms. The number of hydrogen-bond donors (Lipinski definition) is 1. The maximum Gasteiger partial charge on any atom is 0.299 e. The van der Waals surface area contributed by atoms with E-state index < -0.39 is 0 Å². The lowest BCUT2D eigenvalue weighted by atomic mass is 10.1. The van der Waals surface area contributed by atoms with Crippen molar-refractivity contribution in [1.29, 1.82) is 0 Å². The molecule has 1 aromatic heterocycles. The Morgan fingerprint density at radius 1 is 1.42 bits per heavy atom. The van der Waals surface area contributed by atoms with Crippen LogP contribution in [0.5, 0.6) is 10.9 Å². The van der Waals surface area contributed by atoms with E-state index in [1.165, 1.54) is 11.3 Å². The number of aryl methyl sites for hydroxylation is 1. The molecule has 2 heterocycles. The molecule has 3 rings (SSSR count). The fourth-order valence-electron chi connectivity index (χ4n) is 1.98. The molecule has 100 valence electrons. The second-order valence-corrected chi connectivity index (χ2v) is 5.47. The number of benzene rings is 1. The van der Waals surface area contributed by atoms with Gasteiger partial charge in [-0.15, -0.1) is 5.10 Å². The van der Waals surface area contributed by atoms with Crippen LogP contribution in [0.15, 0.2) is 24.3 Å². The van der Waals surface area contributed by atoms with E-state index >= 15 is 0 Å². The topological polar surface area (TPSA) is 56.3 Å². The van der Waals surface area contributed by atoms with Gasteiger partial charge in [0.05, 0.1) is 12.7 Å². The monoisotopic (exact) mass is 277 g/mol. The molecule has 0 radical (unpaired) electrons. The summed E-state index contributed by atoms with van der Waals surface area (Å²) < 4.78 is 11.4. The molecular weight excluding hydrogens is 262 g/mol. The summed E-state index contributed by atoms with van der Waals surface area (Å²) in [4.78, 5) is 0. The summed E-state index contributed by atoms with van der Waals surface area (Å²) >= 11 is 1.44. The highest BCUT2D eigenvalue weighted by Crippen LogP contribution is 2.28. The van der Waals surface area contributed by atoms with Gasteiger partial charge in [0.1, 0.15) is 10.8 Å². The summed E-state index contributed by atoms with van der Waals surface area (Å²) in [6.45, 7) is 4.39. The molecule has 0 amide bonds. The van der Waals surface area contributed by atoms with Gasteiger partial charge in [0.25, 0.3) is 5.19 Å². The van der Waals surface area contributed by atoms with Crippen LogP contribution in [0.2, 0.25) is 0 Å². The smallest absolute Gasteiger partial charge is 0.299 e. The molecule has 1 atom stereocenters. The van der Waals surface area contributed by atoms with E-state index in [1.807, 2.05) is 25.1 Å². The summed E-state index contributed by atoms with van der Waals surface area (Å²) in [5.74, 6) is 0.767. The molecule has 0 spiro atoms. The normalized spacial score (nSPS) is 19.3. The average molecular weight is 277 g/mol. The molecular formula is C13H15N3O2S. The zero-order chi connectivity index (χ0) is 13.1. The Kier molecular flexibility index (Phi) is 3.72. The van der Waals surface area contributed by atoms with Crippen LogP contribution in [0.25, 0.3) is 0 Å². The van der Waals surface area contributed by atoms with E-state index in [9.17, 15) is 0 Å². The van der Waals surface area contributed by atoms with Gasteiger partial charge in [-0.2, -0.15) is 0 Å². The Balaban J connectivity index is 1.75. The van der Waals surface area contributed by atoms with Gasteiger partial charge in [-0.25, -0.2) is 0 Å². The highest BCUT2D eigenvalue weighted by molar-refractivity contribution is 7.13. The van der Waals surface area contributed by atoms with Gasteiger partial charge in [-0.1, -0.05) is 28.6 Å². The number of morpholine rings is 1. The first-order valence-corrected chi connectivity index (χ1v) is 7.03. The summed E-state index contributed by atoms with van der Waals surface area (Å²) in [5.41, 5.74) is 1.12. The number of ether oxygens (including phenoxy) is 2. The molecule has 1 unspecified atom stereocenters. The standard InChI is InChI=1S/C13H15N3O2S/c1-9-15-16-13(19-9)18-11-4-2-3-10(7-11)12-8-14-5-6-17-12/h2-4,7,12,14H,5-6,8H2,1H3. The Morgan fingerprint density at radius 3 is 3.11 bits per heavy atom. The predicted molar refractivity (Wildman–Crippen MR) is 72.7 cm³/mol. The second-order valence-electron chi connectivity index (χ2n) is 4.33. The van der Waals surface area contributed by atoms with E-state index in [-0.39, 0.29) is 6.10 Å². The van der Waals surface area contributed by atoms with Gasteiger partial charge in [0.15, 0.2) is 0 Å². The zero-order valence-corrected chi connectivity index (χ0v) is 11.4. The van der Waals surface area contributed by atoms with Crippen LogP contribution in [0, 0.1) is 6.92 Å². The first kappa shape index (κ1) is 12.5. The van der Waals surface area contributed by atoms with Crippen molar-refractivity contribution in [3.8, 4) is 10.9 Å². The second kappa shape index (κ2) is 5.64. The third kappa shape index (κ3) is 3.09. The van der Waals surface area contributed by atoms with Crippen LogP contribution in [0.3, 0.4) is 0 Å². The Bertz CT molecular complexity index is 552. The maximum absolute atomic E-state index is 5.73. The molecule has 1 N–H and O–H groups in total. The zero-order valence-electron chi connectivity index (χ0n) is 10.6. The summed E-state index contributed by atoms with van der Waals surface area (Å²) in [6.07, 6.45) is 0.0912. The minimum absolute atomic E-state index is 0.0912. The number of aromatic nitrogens is 2. The highest BCUT2D eigenvalue weighted by atomic mass is 32.1. The Labute approximate surface area is 115 Å². The fourth-order valence-corrected chi connectivity index (χ4v) is 2.53. The van der Waals surface area contributed by atoms with E-state index in [0.29, 0.717) is 5.19 Å². The molecule has 1 aliphatic heterocycles. The number of nitrogens with one attached hydrogen (secondary N) is 1. The molecule has 1 aliphatic rings. The molecule has 6 heteroatoms. The van der Waals surface area contributed by atoms with Crippen molar-refractivity contribution in [2.75, 3.05) is 19.7 Å². The fraction of sp³-hybridized carbons (Fsp3) is 0.385. The third-order valence-electron chi connectivity index (χ3n) is 2.87. The number of nitrogens with zero attached hydrogens (tertiary/aromatic N) is 2. The molecule has 2 aromatic rings. The van der Waals surface area contributed by atoms with Gasteiger partial charge >= 0.3 is 0 Å². The molecule has 0 aliphatic carbocycles. The van der Waals surface area contributed by atoms with E-state index in [1.54, 1.807) is 0 Å².